The minimum absolute atomic E-state index is 0.00660. The van der Waals surface area contributed by atoms with E-state index in [1.165, 1.54) is 14.2 Å². The van der Waals surface area contributed by atoms with Crippen LogP contribution in [0.15, 0.2) is 152 Å². The number of aromatic nitrogens is 7. The molecule has 0 atom stereocenters. The molecule has 0 radical (unpaired) electrons. The smallest absolute Gasteiger partial charge is 0.337 e. The molecular weight excluding hydrogens is 887 g/mol. The van der Waals surface area contributed by atoms with E-state index in [-0.39, 0.29) is 46.3 Å². The molecule has 70 heavy (non-hydrogen) atoms. The molecule has 3 heterocycles. The van der Waals surface area contributed by atoms with E-state index in [1.54, 1.807) is 109 Å². The van der Waals surface area contributed by atoms with Crippen LogP contribution in [0, 0.1) is 13.8 Å². The van der Waals surface area contributed by atoms with Gasteiger partial charge in [0.05, 0.1) is 53.1 Å². The van der Waals surface area contributed by atoms with Crippen LogP contribution in [0.1, 0.15) is 31.8 Å². The molecule has 10 aromatic rings. The zero-order valence-electron chi connectivity index (χ0n) is 38.0. The average Bonchev–Trinajstić information content (AvgIpc) is 3.38. The highest BCUT2D eigenvalue weighted by Crippen LogP contribution is 2.38. The van der Waals surface area contributed by atoms with Gasteiger partial charge in [-0.15, -0.1) is 0 Å². The van der Waals surface area contributed by atoms with Crippen LogP contribution in [0.5, 0.6) is 23.0 Å². The molecule has 7 aromatic carbocycles. The van der Waals surface area contributed by atoms with Crippen molar-refractivity contribution in [2.75, 3.05) is 14.2 Å². The number of ether oxygens (including phenoxy) is 2. The summed E-state index contributed by atoms with van der Waals surface area (Å²) in [5.41, 5.74) is 6.16. The molecule has 4 N–H and O–H groups in total. The lowest BCUT2D eigenvalue weighted by molar-refractivity contribution is 0.0592. The molecule has 344 valence electrons. The van der Waals surface area contributed by atoms with Gasteiger partial charge in [0, 0.05) is 28.1 Å². The Morgan fingerprint density at radius 3 is 1.33 bits per heavy atom. The molecule has 0 amide bonds. The third-order valence-corrected chi connectivity index (χ3v) is 11.3. The second kappa shape index (κ2) is 19.3. The van der Waals surface area contributed by atoms with E-state index in [0.29, 0.717) is 72.4 Å². The maximum Gasteiger partial charge on any atom is 0.337 e. The number of pyridine rings is 1. The van der Waals surface area contributed by atoms with Crippen molar-refractivity contribution in [2.45, 2.75) is 13.8 Å². The Kier molecular flexibility index (Phi) is 12.6. The van der Waals surface area contributed by atoms with E-state index in [4.69, 9.17) is 9.47 Å². The van der Waals surface area contributed by atoms with Gasteiger partial charge in [0.25, 0.3) is 0 Å². The summed E-state index contributed by atoms with van der Waals surface area (Å²) in [5.74, 6) is 0.840. The van der Waals surface area contributed by atoms with Gasteiger partial charge in [-0.05, 0) is 109 Å². The number of rotatable bonds is 8. The second-order valence-electron chi connectivity index (χ2n) is 16.0. The first-order chi connectivity index (χ1) is 33.9. The van der Waals surface area contributed by atoms with Crippen LogP contribution < -0.4 is 0 Å². The number of carbonyl (C=O) groups excluding carboxylic acids is 2. The number of carbonyl (C=O) groups is 2. The fraction of sp³-hybridized carbons (Fsp3) is 0.0727. The number of aromatic hydroxyl groups is 4. The summed E-state index contributed by atoms with van der Waals surface area (Å²) in [4.78, 5) is 55.5. The van der Waals surface area contributed by atoms with Gasteiger partial charge in [0.2, 0.25) is 0 Å². The first-order valence-electron chi connectivity index (χ1n) is 21.7. The van der Waals surface area contributed by atoms with Crippen LogP contribution in [-0.2, 0) is 9.47 Å². The van der Waals surface area contributed by atoms with Gasteiger partial charge in [-0.2, -0.15) is 0 Å². The standard InChI is InChI=1S/C28H21N3O4.C27H20N4O4/c1-16-7-13-21(23(32)15-16)26-29-25(18-8-10-19(11-9-18)28(34)35-2)30-27(31-26)22-14-12-17-5-3-4-6-20(17)24(22)33;1-15-5-10-19(22(32)14-15)25-29-24(16-6-8-17(9-7-16)27(34)35-2)30-26(31-25)20-11-12-21-18(23(20)33)4-3-13-28-21/h3-15,32-33H,1-2H3;3-14,32-33H,1-2H3. The maximum absolute atomic E-state index is 11.8. The Balaban J connectivity index is 0.000000174. The van der Waals surface area contributed by atoms with E-state index < -0.39 is 11.9 Å². The number of hydrogen-bond acceptors (Lipinski definition) is 15. The fourth-order valence-electron chi connectivity index (χ4n) is 7.65. The monoisotopic (exact) mass is 927 g/mol. The van der Waals surface area contributed by atoms with Crippen LogP contribution in [0.4, 0.5) is 0 Å². The van der Waals surface area contributed by atoms with E-state index in [9.17, 15) is 30.0 Å². The number of nitrogens with zero attached hydrogens (tertiary/aromatic N) is 7. The number of phenols is 4. The van der Waals surface area contributed by atoms with Gasteiger partial charge in [0.15, 0.2) is 34.9 Å². The molecule has 3 aromatic heterocycles. The van der Waals surface area contributed by atoms with Crippen molar-refractivity contribution >= 4 is 33.6 Å². The maximum atomic E-state index is 11.8. The molecule has 15 heteroatoms. The van der Waals surface area contributed by atoms with Crippen LogP contribution in [0.2, 0.25) is 0 Å². The molecule has 0 spiro atoms. The highest BCUT2D eigenvalue weighted by Gasteiger charge is 2.21. The lowest BCUT2D eigenvalue weighted by Crippen LogP contribution is -2.02. The Morgan fingerprint density at radius 1 is 0.429 bits per heavy atom. The normalized spacial score (nSPS) is 10.9. The molecule has 15 nitrogen and oxygen atoms in total. The van der Waals surface area contributed by atoms with Crippen LogP contribution in [0.3, 0.4) is 0 Å². The number of methoxy groups -OCH3 is 2. The molecular formula is C55H41N7O8. The summed E-state index contributed by atoms with van der Waals surface area (Å²) in [5, 5.41) is 45.3. The minimum Gasteiger partial charge on any atom is -0.507 e. The highest BCUT2D eigenvalue weighted by atomic mass is 16.5. The first-order valence-corrected chi connectivity index (χ1v) is 21.7. The summed E-state index contributed by atoms with van der Waals surface area (Å²) in [6.07, 6.45) is 1.65. The summed E-state index contributed by atoms with van der Waals surface area (Å²) in [7, 11) is 2.64. The van der Waals surface area contributed by atoms with Gasteiger partial charge in [-0.1, -0.05) is 66.7 Å². The van der Waals surface area contributed by atoms with Gasteiger partial charge in [-0.25, -0.2) is 39.5 Å². The van der Waals surface area contributed by atoms with Crippen LogP contribution in [0.25, 0.3) is 90.0 Å². The van der Waals surface area contributed by atoms with E-state index in [0.717, 1.165) is 16.5 Å². The summed E-state index contributed by atoms with van der Waals surface area (Å²) in [6, 6.07) is 41.9. The quantitative estimate of drug-likeness (QED) is 0.104. The van der Waals surface area contributed by atoms with Crippen molar-refractivity contribution in [3.05, 3.63) is 174 Å². The lowest BCUT2D eigenvalue weighted by Gasteiger charge is -2.12. The van der Waals surface area contributed by atoms with Crippen molar-refractivity contribution in [3.63, 3.8) is 0 Å². The Morgan fingerprint density at radius 2 is 0.843 bits per heavy atom. The third-order valence-electron chi connectivity index (χ3n) is 11.3. The van der Waals surface area contributed by atoms with Crippen LogP contribution >= 0.6 is 0 Å². The average molecular weight is 928 g/mol. The molecule has 0 aliphatic heterocycles. The van der Waals surface area contributed by atoms with Gasteiger partial charge in [-0.3, -0.25) is 4.98 Å². The summed E-state index contributed by atoms with van der Waals surface area (Å²) in [6.45, 7) is 3.75. The highest BCUT2D eigenvalue weighted by molar-refractivity contribution is 5.95. The minimum atomic E-state index is -0.451. The van der Waals surface area contributed by atoms with Crippen molar-refractivity contribution in [3.8, 4) is 91.3 Å². The van der Waals surface area contributed by atoms with E-state index >= 15 is 0 Å². The molecule has 0 fully saturated rings. The number of benzene rings is 7. The van der Waals surface area contributed by atoms with Gasteiger partial charge < -0.3 is 29.9 Å². The Bertz CT molecular complexity index is 3400. The van der Waals surface area contributed by atoms with Crippen molar-refractivity contribution in [2.24, 2.45) is 0 Å². The van der Waals surface area contributed by atoms with Crippen molar-refractivity contribution in [1.29, 1.82) is 0 Å². The van der Waals surface area contributed by atoms with E-state index in [2.05, 4.69) is 34.9 Å². The number of phenolic OH excluding ortho intramolecular Hbond substituents is 4. The number of fused-ring (bicyclic) bond motifs is 2. The van der Waals surface area contributed by atoms with Crippen molar-refractivity contribution < 1.29 is 39.5 Å². The topological polar surface area (TPSA) is 224 Å². The predicted octanol–water partition coefficient (Wildman–Crippen LogP) is 10.5. The Labute approximate surface area is 400 Å². The molecule has 10 rings (SSSR count). The third kappa shape index (κ3) is 9.22. The van der Waals surface area contributed by atoms with Gasteiger partial charge >= 0.3 is 11.9 Å². The largest absolute Gasteiger partial charge is 0.507 e. The molecule has 0 bridgehead atoms. The molecule has 0 saturated carbocycles. The second-order valence-corrected chi connectivity index (χ2v) is 16.0. The molecule has 0 unspecified atom stereocenters. The molecule has 0 aliphatic rings. The predicted molar refractivity (Wildman–Crippen MR) is 264 cm³/mol. The first kappa shape index (κ1) is 45.5. The SMILES string of the molecule is COC(=O)c1ccc(-c2nc(-c3ccc(C)cc3O)nc(-c3ccc4ccccc4c3O)n2)cc1.COC(=O)c1ccc(-c2nc(-c3ccc(C)cc3O)nc(-c3ccc4ncccc4c3O)n2)cc1. The van der Waals surface area contributed by atoms with E-state index in [1.807, 2.05) is 56.3 Å². The molecule has 0 saturated heterocycles. The fourth-order valence-corrected chi connectivity index (χ4v) is 7.65. The lowest BCUT2D eigenvalue weighted by atomic mass is 10.0. The Hall–Kier alpha value is -9.63. The van der Waals surface area contributed by atoms with Crippen molar-refractivity contribution in [1.82, 2.24) is 34.9 Å². The zero-order chi connectivity index (χ0) is 49.1. The number of esters is 2. The summed E-state index contributed by atoms with van der Waals surface area (Å²) < 4.78 is 9.54. The number of hydrogen-bond donors (Lipinski definition) is 4. The zero-order valence-corrected chi connectivity index (χ0v) is 38.0. The molecule has 0 aliphatic carbocycles. The van der Waals surface area contributed by atoms with Crippen LogP contribution in [-0.4, -0.2) is 81.5 Å². The van der Waals surface area contributed by atoms with Gasteiger partial charge in [0.1, 0.15) is 23.0 Å². The number of aryl methyl sites for hydroxylation is 2. The summed E-state index contributed by atoms with van der Waals surface area (Å²) >= 11 is 0.